The van der Waals surface area contributed by atoms with Crippen LogP contribution in [-0.2, 0) is 11.2 Å². The van der Waals surface area contributed by atoms with Crippen LogP contribution in [0.3, 0.4) is 0 Å². The quantitative estimate of drug-likeness (QED) is 0.765. The lowest BCUT2D eigenvalue weighted by molar-refractivity contribution is -0.120. The summed E-state index contributed by atoms with van der Waals surface area (Å²) < 4.78 is 5.14. The maximum Gasteiger partial charge on any atom is 0.224 e. The van der Waals surface area contributed by atoms with Crippen LogP contribution in [0.15, 0.2) is 24.3 Å². The molecule has 3 N–H and O–H groups in total. The molecule has 1 rings (SSSR count). The first kappa shape index (κ1) is 16.5. The SMILES string of the molecule is CCC(CC)C(N)CNC(=O)Cc1cccc(OC)c1. The smallest absolute Gasteiger partial charge is 0.224 e. The molecule has 0 spiro atoms. The van der Waals surface area contributed by atoms with E-state index in [1.165, 1.54) is 0 Å². The number of hydrogen-bond donors (Lipinski definition) is 2. The Morgan fingerprint density at radius 3 is 2.65 bits per heavy atom. The average Bonchev–Trinajstić information content (AvgIpc) is 2.46. The van der Waals surface area contributed by atoms with Crippen LogP contribution in [0, 0.1) is 5.92 Å². The second-order valence-corrected chi connectivity index (χ2v) is 5.07. The zero-order valence-corrected chi connectivity index (χ0v) is 12.7. The first-order chi connectivity index (χ1) is 9.60. The van der Waals surface area contributed by atoms with Crippen molar-refractivity contribution in [3.05, 3.63) is 29.8 Å². The topological polar surface area (TPSA) is 64.3 Å². The van der Waals surface area contributed by atoms with Crippen LogP contribution in [0.5, 0.6) is 5.75 Å². The van der Waals surface area contributed by atoms with Crippen LogP contribution in [0.25, 0.3) is 0 Å². The van der Waals surface area contributed by atoms with Crippen LogP contribution in [-0.4, -0.2) is 25.6 Å². The first-order valence-electron chi connectivity index (χ1n) is 7.25. The van der Waals surface area contributed by atoms with Gasteiger partial charge in [0, 0.05) is 12.6 Å². The van der Waals surface area contributed by atoms with Gasteiger partial charge in [0.1, 0.15) is 5.75 Å². The van der Waals surface area contributed by atoms with Crippen LogP contribution < -0.4 is 15.8 Å². The molecule has 1 unspecified atom stereocenters. The van der Waals surface area contributed by atoms with Gasteiger partial charge in [0.2, 0.25) is 5.91 Å². The summed E-state index contributed by atoms with van der Waals surface area (Å²) in [4.78, 5) is 11.9. The average molecular weight is 278 g/mol. The standard InChI is InChI=1S/C16H26N2O2/c1-4-13(5-2)15(17)11-18-16(19)10-12-7-6-8-14(9-12)20-3/h6-9,13,15H,4-5,10-11,17H2,1-3H3,(H,18,19). The fourth-order valence-corrected chi connectivity index (χ4v) is 2.32. The van der Waals surface area contributed by atoms with Crippen LogP contribution in [0.2, 0.25) is 0 Å². The molecule has 0 bridgehead atoms. The van der Waals surface area contributed by atoms with Crippen molar-refractivity contribution < 1.29 is 9.53 Å². The zero-order valence-electron chi connectivity index (χ0n) is 12.7. The molecule has 0 radical (unpaired) electrons. The molecule has 0 fully saturated rings. The summed E-state index contributed by atoms with van der Waals surface area (Å²) in [5.41, 5.74) is 7.03. The molecule has 1 amide bonds. The lowest BCUT2D eigenvalue weighted by Crippen LogP contribution is -2.42. The van der Waals surface area contributed by atoms with Gasteiger partial charge in [0.05, 0.1) is 13.5 Å². The van der Waals surface area contributed by atoms with Crippen LogP contribution >= 0.6 is 0 Å². The van der Waals surface area contributed by atoms with Gasteiger partial charge in [-0.2, -0.15) is 0 Å². The molecule has 0 saturated heterocycles. The molecule has 20 heavy (non-hydrogen) atoms. The molecule has 0 heterocycles. The van der Waals surface area contributed by atoms with Crippen LogP contribution in [0.4, 0.5) is 0 Å². The highest BCUT2D eigenvalue weighted by Gasteiger charge is 2.14. The highest BCUT2D eigenvalue weighted by Crippen LogP contribution is 2.13. The third kappa shape index (κ3) is 5.21. The van der Waals surface area contributed by atoms with Crippen molar-refractivity contribution in [3.8, 4) is 5.75 Å². The van der Waals surface area contributed by atoms with Gasteiger partial charge in [0.25, 0.3) is 0 Å². The third-order valence-electron chi connectivity index (χ3n) is 3.69. The van der Waals surface area contributed by atoms with Crippen molar-refractivity contribution in [3.63, 3.8) is 0 Å². The van der Waals surface area contributed by atoms with Gasteiger partial charge in [-0.1, -0.05) is 38.8 Å². The summed E-state index contributed by atoms with van der Waals surface area (Å²) in [6.07, 6.45) is 2.44. The Kier molecular flexibility index (Phi) is 7.09. The van der Waals surface area contributed by atoms with E-state index in [2.05, 4.69) is 19.2 Å². The van der Waals surface area contributed by atoms with Gasteiger partial charge in [-0.15, -0.1) is 0 Å². The molecule has 0 aliphatic rings. The van der Waals surface area contributed by atoms with E-state index in [9.17, 15) is 4.79 Å². The molecule has 0 aromatic heterocycles. The number of nitrogens with one attached hydrogen (secondary N) is 1. The predicted octanol–water partition coefficient (Wildman–Crippen LogP) is 2.12. The van der Waals surface area contributed by atoms with Gasteiger partial charge in [0.15, 0.2) is 0 Å². The fraction of sp³-hybridized carbons (Fsp3) is 0.562. The van der Waals surface area contributed by atoms with Crippen molar-refractivity contribution in [2.45, 2.75) is 39.2 Å². The van der Waals surface area contributed by atoms with Gasteiger partial charge in [-0.05, 0) is 23.6 Å². The number of hydrogen-bond acceptors (Lipinski definition) is 3. The Balaban J connectivity index is 2.43. The highest BCUT2D eigenvalue weighted by molar-refractivity contribution is 5.78. The van der Waals surface area contributed by atoms with Crippen molar-refractivity contribution in [1.82, 2.24) is 5.32 Å². The molecule has 0 saturated carbocycles. The van der Waals surface area contributed by atoms with E-state index in [1.54, 1.807) is 7.11 Å². The van der Waals surface area contributed by atoms with Crippen molar-refractivity contribution in [2.24, 2.45) is 11.7 Å². The normalized spacial score (nSPS) is 12.2. The third-order valence-corrected chi connectivity index (χ3v) is 3.69. The van der Waals surface area contributed by atoms with Crippen LogP contribution in [0.1, 0.15) is 32.3 Å². The molecule has 0 aliphatic carbocycles. The largest absolute Gasteiger partial charge is 0.497 e. The molecule has 1 aromatic carbocycles. The van der Waals surface area contributed by atoms with E-state index < -0.39 is 0 Å². The Hall–Kier alpha value is -1.55. The number of nitrogens with two attached hydrogens (primary N) is 1. The molecule has 4 nitrogen and oxygen atoms in total. The summed E-state index contributed by atoms with van der Waals surface area (Å²) in [5, 5.41) is 2.91. The van der Waals surface area contributed by atoms with Gasteiger partial charge in [-0.3, -0.25) is 4.79 Å². The zero-order chi connectivity index (χ0) is 15.0. The molecule has 0 aliphatic heterocycles. The number of carbonyl (C=O) groups is 1. The lowest BCUT2D eigenvalue weighted by Gasteiger charge is -2.21. The van der Waals surface area contributed by atoms with E-state index >= 15 is 0 Å². The number of amides is 1. The van der Waals surface area contributed by atoms with Crippen molar-refractivity contribution in [2.75, 3.05) is 13.7 Å². The van der Waals surface area contributed by atoms with E-state index in [0.29, 0.717) is 18.9 Å². The molecule has 1 aromatic rings. The molecule has 1 atom stereocenters. The summed E-state index contributed by atoms with van der Waals surface area (Å²) in [5.74, 6) is 1.23. The predicted molar refractivity (Wildman–Crippen MR) is 81.8 cm³/mol. The molecular formula is C16H26N2O2. The monoisotopic (exact) mass is 278 g/mol. The fourth-order valence-electron chi connectivity index (χ4n) is 2.32. The number of carbonyl (C=O) groups excluding carboxylic acids is 1. The van der Waals surface area contributed by atoms with Crippen molar-refractivity contribution in [1.29, 1.82) is 0 Å². The Labute approximate surface area is 121 Å². The van der Waals surface area contributed by atoms with Gasteiger partial charge < -0.3 is 15.8 Å². The van der Waals surface area contributed by atoms with Crippen molar-refractivity contribution >= 4 is 5.91 Å². The van der Waals surface area contributed by atoms with E-state index in [-0.39, 0.29) is 11.9 Å². The molecule has 112 valence electrons. The second-order valence-electron chi connectivity index (χ2n) is 5.07. The summed E-state index contributed by atoms with van der Waals surface area (Å²) in [6.45, 7) is 4.80. The van der Waals surface area contributed by atoms with E-state index in [0.717, 1.165) is 24.2 Å². The summed E-state index contributed by atoms with van der Waals surface area (Å²) >= 11 is 0. The minimum Gasteiger partial charge on any atom is -0.497 e. The Morgan fingerprint density at radius 1 is 1.35 bits per heavy atom. The number of benzene rings is 1. The second kappa shape index (κ2) is 8.59. The minimum absolute atomic E-state index is 0.000316. The number of rotatable bonds is 8. The first-order valence-corrected chi connectivity index (χ1v) is 7.25. The Bertz CT molecular complexity index is 417. The number of methoxy groups -OCH3 is 1. The van der Waals surface area contributed by atoms with E-state index in [4.69, 9.17) is 10.5 Å². The molecule has 4 heteroatoms. The minimum atomic E-state index is -0.000316. The maximum atomic E-state index is 11.9. The van der Waals surface area contributed by atoms with Gasteiger partial charge >= 0.3 is 0 Å². The maximum absolute atomic E-state index is 11.9. The summed E-state index contributed by atoms with van der Waals surface area (Å²) in [6, 6.07) is 7.57. The molecular weight excluding hydrogens is 252 g/mol. The van der Waals surface area contributed by atoms with E-state index in [1.807, 2.05) is 24.3 Å². The number of ether oxygens (including phenoxy) is 1. The Morgan fingerprint density at radius 2 is 2.05 bits per heavy atom. The summed E-state index contributed by atoms with van der Waals surface area (Å²) in [7, 11) is 1.62. The lowest BCUT2D eigenvalue weighted by atomic mass is 9.95. The van der Waals surface area contributed by atoms with Gasteiger partial charge in [-0.25, -0.2) is 0 Å². The highest BCUT2D eigenvalue weighted by atomic mass is 16.5.